The molecule has 0 amide bonds. The first-order valence-corrected chi connectivity index (χ1v) is 5.63. The maximum absolute atomic E-state index is 13.2. The number of anilines is 3. The monoisotopic (exact) mass is 288 g/mol. The molecule has 0 saturated carbocycles. The minimum absolute atomic E-state index is 0.0920. The molecule has 0 unspecified atom stereocenters. The van der Waals surface area contributed by atoms with E-state index in [-0.39, 0.29) is 22.9 Å². The average Bonchev–Trinajstić information content (AvgIpc) is 2.48. The van der Waals surface area contributed by atoms with Gasteiger partial charge < -0.3 is 10.7 Å². The van der Waals surface area contributed by atoms with Gasteiger partial charge in [0.15, 0.2) is 0 Å². The van der Waals surface area contributed by atoms with Crippen molar-refractivity contribution < 1.29 is 9.31 Å². The number of hydrogen-bond donors (Lipinski definition) is 3. The molecule has 2 aromatic rings. The Bertz CT molecular complexity index is 743. The molecule has 0 aliphatic heterocycles. The largest absolute Gasteiger partial charge is 0.340 e. The summed E-state index contributed by atoms with van der Waals surface area (Å²) in [4.78, 5) is 14.2. The number of benzene rings is 1. The van der Waals surface area contributed by atoms with E-state index in [2.05, 4.69) is 15.7 Å². The first-order chi connectivity index (χ1) is 10.0. The van der Waals surface area contributed by atoms with Crippen LogP contribution in [0.15, 0.2) is 30.3 Å². The van der Waals surface area contributed by atoms with Gasteiger partial charge in [-0.2, -0.15) is 5.26 Å². The fraction of sp³-hybridized carbons (Fsp3) is 0. The number of nitriles is 1. The molecular weight excluding hydrogens is 279 g/mol. The fourth-order valence-corrected chi connectivity index (χ4v) is 1.60. The van der Waals surface area contributed by atoms with Crippen molar-refractivity contribution in [3.05, 3.63) is 51.8 Å². The summed E-state index contributed by atoms with van der Waals surface area (Å²) in [6.45, 7) is 0. The summed E-state index contributed by atoms with van der Waals surface area (Å²) in [7, 11) is 0. The van der Waals surface area contributed by atoms with Crippen molar-refractivity contribution in [2.75, 3.05) is 10.7 Å². The van der Waals surface area contributed by atoms with Crippen LogP contribution in [0.3, 0.4) is 0 Å². The summed E-state index contributed by atoms with van der Waals surface area (Å²) in [5, 5.41) is 22.3. The van der Waals surface area contributed by atoms with Crippen LogP contribution in [-0.2, 0) is 0 Å². The topological polar surface area (TPSA) is 130 Å². The van der Waals surface area contributed by atoms with Crippen LogP contribution in [0.25, 0.3) is 0 Å². The summed E-state index contributed by atoms with van der Waals surface area (Å²) in [5.74, 6) is 4.76. The van der Waals surface area contributed by atoms with Crippen molar-refractivity contribution in [3.8, 4) is 6.07 Å². The van der Waals surface area contributed by atoms with Gasteiger partial charge in [-0.25, -0.2) is 15.2 Å². The predicted molar refractivity (Wildman–Crippen MR) is 73.1 cm³/mol. The molecule has 0 saturated heterocycles. The van der Waals surface area contributed by atoms with Crippen LogP contribution in [0, 0.1) is 27.3 Å². The molecule has 1 heterocycles. The molecule has 0 fully saturated rings. The predicted octanol–water partition coefficient (Wildman–Crippen LogP) is 2.03. The lowest BCUT2D eigenvalue weighted by molar-refractivity contribution is -0.384. The maximum Gasteiger partial charge on any atom is 0.276 e. The van der Waals surface area contributed by atoms with Crippen molar-refractivity contribution in [1.29, 1.82) is 5.26 Å². The van der Waals surface area contributed by atoms with Gasteiger partial charge in [0.1, 0.15) is 23.5 Å². The van der Waals surface area contributed by atoms with Crippen molar-refractivity contribution in [2.24, 2.45) is 5.84 Å². The molecule has 0 bridgehead atoms. The van der Waals surface area contributed by atoms with Crippen molar-refractivity contribution in [1.82, 2.24) is 4.98 Å². The van der Waals surface area contributed by atoms with Gasteiger partial charge >= 0.3 is 0 Å². The molecule has 106 valence electrons. The van der Waals surface area contributed by atoms with E-state index in [4.69, 9.17) is 11.1 Å². The van der Waals surface area contributed by atoms with Crippen LogP contribution < -0.4 is 16.6 Å². The summed E-state index contributed by atoms with van der Waals surface area (Å²) >= 11 is 0. The van der Waals surface area contributed by atoms with Gasteiger partial charge in [-0.05, 0) is 18.2 Å². The first-order valence-electron chi connectivity index (χ1n) is 5.63. The highest BCUT2D eigenvalue weighted by Gasteiger charge is 2.11. The highest BCUT2D eigenvalue weighted by molar-refractivity contribution is 5.63. The number of nitrogens with zero attached hydrogens (tertiary/aromatic N) is 3. The van der Waals surface area contributed by atoms with E-state index < -0.39 is 10.7 Å². The lowest BCUT2D eigenvalue weighted by Gasteiger charge is -2.08. The number of nitrogens with one attached hydrogen (secondary N) is 2. The molecule has 0 aliphatic carbocycles. The number of nitrogens with two attached hydrogens (primary N) is 1. The van der Waals surface area contributed by atoms with Crippen LogP contribution in [0.4, 0.5) is 27.4 Å². The highest BCUT2D eigenvalue weighted by Crippen LogP contribution is 2.24. The summed E-state index contributed by atoms with van der Waals surface area (Å²) in [6, 6.07) is 7.81. The van der Waals surface area contributed by atoms with E-state index in [0.29, 0.717) is 5.69 Å². The second kappa shape index (κ2) is 5.81. The quantitative estimate of drug-likeness (QED) is 0.445. The molecule has 0 aliphatic rings. The van der Waals surface area contributed by atoms with Crippen molar-refractivity contribution in [3.63, 3.8) is 0 Å². The van der Waals surface area contributed by atoms with E-state index in [0.717, 1.165) is 12.1 Å². The Labute approximate surface area is 118 Å². The Morgan fingerprint density at radius 1 is 1.33 bits per heavy atom. The smallest absolute Gasteiger partial charge is 0.276 e. The molecule has 0 spiro atoms. The van der Waals surface area contributed by atoms with Crippen molar-refractivity contribution >= 4 is 23.0 Å². The van der Waals surface area contributed by atoms with Crippen molar-refractivity contribution in [2.45, 2.75) is 0 Å². The lowest BCUT2D eigenvalue weighted by Crippen LogP contribution is -2.10. The Hall–Kier alpha value is -3.25. The van der Waals surface area contributed by atoms with Gasteiger partial charge in [0.05, 0.1) is 22.6 Å². The molecule has 8 nitrogen and oxygen atoms in total. The zero-order valence-corrected chi connectivity index (χ0v) is 10.5. The standard InChI is InChI=1S/C12H9FN6O2/c13-10-2-1-8(3-7(10)6-14)16-11-4-9(19(20)21)5-12(17-11)18-15/h1-5H,15H2,(H2,16,17,18). The molecular formula is C12H9FN6O2. The Balaban J connectivity index is 2.37. The normalized spacial score (nSPS) is 9.76. The molecule has 0 atom stereocenters. The minimum Gasteiger partial charge on any atom is -0.340 e. The number of halogens is 1. The minimum atomic E-state index is -0.653. The molecule has 0 radical (unpaired) electrons. The van der Waals surface area contributed by atoms with E-state index in [9.17, 15) is 14.5 Å². The third kappa shape index (κ3) is 3.20. The molecule has 4 N–H and O–H groups in total. The Kier molecular flexibility index (Phi) is 3.92. The number of nitro groups is 1. The fourth-order valence-electron chi connectivity index (χ4n) is 1.60. The highest BCUT2D eigenvalue weighted by atomic mass is 19.1. The second-order valence-corrected chi connectivity index (χ2v) is 3.93. The van der Waals surface area contributed by atoms with E-state index in [1.54, 1.807) is 6.07 Å². The van der Waals surface area contributed by atoms with Gasteiger partial charge in [-0.3, -0.25) is 10.1 Å². The van der Waals surface area contributed by atoms with Crippen LogP contribution in [0.2, 0.25) is 0 Å². The van der Waals surface area contributed by atoms with Crippen LogP contribution in [0.1, 0.15) is 5.56 Å². The molecule has 1 aromatic heterocycles. The number of pyridine rings is 1. The van der Waals surface area contributed by atoms with E-state index >= 15 is 0 Å². The molecule has 9 heteroatoms. The molecule has 21 heavy (non-hydrogen) atoms. The number of hydrogen-bond acceptors (Lipinski definition) is 7. The lowest BCUT2D eigenvalue weighted by atomic mass is 10.2. The Morgan fingerprint density at radius 3 is 2.67 bits per heavy atom. The molecule has 1 aromatic carbocycles. The average molecular weight is 288 g/mol. The third-order valence-electron chi connectivity index (χ3n) is 2.53. The maximum atomic E-state index is 13.2. The summed E-state index contributed by atoms with van der Waals surface area (Å²) < 4.78 is 13.2. The number of aromatic nitrogens is 1. The SMILES string of the molecule is N#Cc1cc(Nc2cc([N+](=O)[O-])cc(NN)n2)ccc1F. The molecule has 2 rings (SSSR count). The zero-order valence-electron chi connectivity index (χ0n) is 10.5. The van der Waals surface area contributed by atoms with Gasteiger partial charge in [0.2, 0.25) is 0 Å². The number of rotatable bonds is 4. The van der Waals surface area contributed by atoms with Crippen LogP contribution in [-0.4, -0.2) is 9.91 Å². The van der Waals surface area contributed by atoms with Crippen LogP contribution >= 0.6 is 0 Å². The van der Waals surface area contributed by atoms with E-state index in [1.807, 2.05) is 0 Å². The number of hydrazine groups is 1. The third-order valence-corrected chi connectivity index (χ3v) is 2.53. The van der Waals surface area contributed by atoms with Gasteiger partial charge in [0.25, 0.3) is 5.69 Å². The van der Waals surface area contributed by atoms with Gasteiger partial charge in [-0.15, -0.1) is 0 Å². The Morgan fingerprint density at radius 2 is 2.05 bits per heavy atom. The summed E-state index contributed by atoms with van der Waals surface area (Å²) in [6.07, 6.45) is 0. The number of nitrogen functional groups attached to an aromatic ring is 1. The first kappa shape index (κ1) is 14.2. The van der Waals surface area contributed by atoms with Crippen LogP contribution in [0.5, 0.6) is 0 Å². The summed E-state index contributed by atoms with van der Waals surface area (Å²) in [5.41, 5.74) is 2.21. The zero-order chi connectivity index (χ0) is 15.4. The van der Waals surface area contributed by atoms with Gasteiger partial charge in [-0.1, -0.05) is 0 Å². The second-order valence-electron chi connectivity index (χ2n) is 3.93. The van der Waals surface area contributed by atoms with Gasteiger partial charge in [0, 0.05) is 5.69 Å². The van der Waals surface area contributed by atoms with E-state index in [1.165, 1.54) is 18.2 Å².